The molecule has 0 spiro atoms. The molecule has 1 atom stereocenters. The molecule has 0 bridgehead atoms. The number of ether oxygens (including phenoxy) is 1. The molecule has 0 radical (unpaired) electrons. The number of nitro benzene ring substituents is 1. The molecule has 0 aromatic heterocycles. The number of nitrogens with zero attached hydrogens (tertiary/aromatic N) is 6. The number of hydrogen-bond donors (Lipinski definition) is 0. The predicted octanol–water partition coefficient (Wildman–Crippen LogP) is 9.75. The Balaban J connectivity index is 1.77. The lowest BCUT2D eigenvalue weighted by Gasteiger charge is -2.43. The molecule has 0 N–H and O–H groups in total. The number of nitro groups is 1. The second-order valence-electron chi connectivity index (χ2n) is 11.9. The second kappa shape index (κ2) is 16.4. The maximum absolute atomic E-state index is 11.1. The van der Waals surface area contributed by atoms with E-state index in [2.05, 4.69) is 80.4 Å². The molecule has 0 saturated carbocycles. The van der Waals surface area contributed by atoms with Gasteiger partial charge in [-0.1, -0.05) is 17.7 Å². The molecule has 45 heavy (non-hydrogen) atoms. The number of unbranched alkanes of at least 4 members (excludes halogenated alkanes) is 1. The highest BCUT2D eigenvalue weighted by molar-refractivity contribution is 7.44. The summed E-state index contributed by atoms with van der Waals surface area (Å²) >= 11 is 6.23. The van der Waals surface area contributed by atoms with Gasteiger partial charge in [0.1, 0.15) is 17.1 Å². The highest BCUT2D eigenvalue weighted by atomic mass is 35.5. The molecule has 1 unspecified atom stereocenters. The van der Waals surface area contributed by atoms with Crippen LogP contribution in [0.4, 0.5) is 22.7 Å². The molecule has 1 aliphatic rings. The summed E-state index contributed by atoms with van der Waals surface area (Å²) in [5.41, 5.74) is 3.67. The summed E-state index contributed by atoms with van der Waals surface area (Å²) in [7, 11) is 0.324. The van der Waals surface area contributed by atoms with E-state index >= 15 is 0 Å². The van der Waals surface area contributed by atoms with Crippen molar-refractivity contribution in [3.05, 3.63) is 57.1 Å². The third kappa shape index (κ3) is 9.44. The van der Waals surface area contributed by atoms with Crippen LogP contribution in [0.15, 0.2) is 46.6 Å². The van der Waals surface area contributed by atoms with Crippen LogP contribution in [0.1, 0.15) is 73.3 Å². The average Bonchev–Trinajstić information content (AvgIpc) is 2.96. The van der Waals surface area contributed by atoms with Crippen molar-refractivity contribution >= 4 is 48.4 Å². The van der Waals surface area contributed by atoms with Gasteiger partial charge in [0.2, 0.25) is 0 Å². The zero-order chi connectivity index (χ0) is 33.3. The van der Waals surface area contributed by atoms with Crippen molar-refractivity contribution < 1.29 is 18.7 Å². The Labute approximate surface area is 272 Å². The molecule has 13 heteroatoms. The molecule has 1 aliphatic heterocycles. The Morgan fingerprint density at radius 2 is 1.76 bits per heavy atom. The second-order valence-corrected chi connectivity index (χ2v) is 13.7. The van der Waals surface area contributed by atoms with Crippen LogP contribution in [0, 0.1) is 21.4 Å². The van der Waals surface area contributed by atoms with Gasteiger partial charge in [0.15, 0.2) is 0 Å². The highest BCUT2D eigenvalue weighted by Gasteiger charge is 2.32. The standard InChI is InChI=1S/C32H44ClN6O5P/c1-22(2)38(23(3)4)45(44-17-11-14-34)43-16-10-9-15-37-30-20-31(42-8)29(19-26(30)24(5)21-32(37,6)7)36-35-28-13-12-25(39(40)41)18-27(28)33/h12-13,18-23H,9-11,15-17H2,1-8H3. The first-order valence-electron chi connectivity index (χ1n) is 15.1. The first-order valence-corrected chi connectivity index (χ1v) is 16.6. The maximum Gasteiger partial charge on any atom is 0.271 e. The highest BCUT2D eigenvalue weighted by Crippen LogP contribution is 2.47. The number of anilines is 1. The van der Waals surface area contributed by atoms with Gasteiger partial charge in [-0.3, -0.25) is 10.1 Å². The van der Waals surface area contributed by atoms with Gasteiger partial charge in [-0.05, 0) is 79.0 Å². The number of azo groups is 1. The molecule has 3 rings (SSSR count). The van der Waals surface area contributed by atoms with E-state index in [-0.39, 0.29) is 28.3 Å². The van der Waals surface area contributed by atoms with Gasteiger partial charge in [0.05, 0.1) is 48.3 Å². The predicted molar refractivity (Wildman–Crippen MR) is 181 cm³/mol. The van der Waals surface area contributed by atoms with E-state index in [1.807, 2.05) is 12.1 Å². The van der Waals surface area contributed by atoms with Crippen molar-refractivity contribution in [2.45, 2.75) is 85.4 Å². The minimum atomic E-state index is -1.27. The van der Waals surface area contributed by atoms with Crippen LogP contribution in [0.2, 0.25) is 5.02 Å². The first-order chi connectivity index (χ1) is 21.3. The normalized spacial score (nSPS) is 15.0. The molecule has 11 nitrogen and oxygen atoms in total. The Morgan fingerprint density at radius 1 is 1.09 bits per heavy atom. The van der Waals surface area contributed by atoms with Crippen molar-refractivity contribution in [1.29, 1.82) is 5.26 Å². The Kier molecular flexibility index (Phi) is 13.3. The number of hydrogen-bond acceptors (Lipinski definition) is 10. The van der Waals surface area contributed by atoms with Crippen molar-refractivity contribution in [3.63, 3.8) is 0 Å². The van der Waals surface area contributed by atoms with E-state index < -0.39 is 13.4 Å². The zero-order valence-corrected chi connectivity index (χ0v) is 29.1. The van der Waals surface area contributed by atoms with Crippen LogP contribution in [0.3, 0.4) is 0 Å². The minimum absolute atomic E-state index is 0.113. The fraction of sp³-hybridized carbons (Fsp3) is 0.531. The summed E-state index contributed by atoms with van der Waals surface area (Å²) in [6.07, 6.45) is 4.31. The van der Waals surface area contributed by atoms with E-state index in [1.54, 1.807) is 7.11 Å². The average molecular weight is 659 g/mol. The summed E-state index contributed by atoms with van der Waals surface area (Å²) in [6.45, 7) is 16.7. The summed E-state index contributed by atoms with van der Waals surface area (Å²) in [6, 6.07) is 10.7. The lowest BCUT2D eigenvalue weighted by atomic mass is 9.88. The van der Waals surface area contributed by atoms with E-state index in [1.165, 1.54) is 18.2 Å². The smallest absolute Gasteiger partial charge is 0.271 e. The van der Waals surface area contributed by atoms with Crippen molar-refractivity contribution in [1.82, 2.24) is 4.67 Å². The van der Waals surface area contributed by atoms with Gasteiger partial charge in [0, 0.05) is 48.1 Å². The third-order valence-electron chi connectivity index (χ3n) is 7.33. The van der Waals surface area contributed by atoms with Crippen molar-refractivity contribution in [3.8, 4) is 11.8 Å². The maximum atomic E-state index is 11.1. The monoisotopic (exact) mass is 658 g/mol. The van der Waals surface area contributed by atoms with Crippen molar-refractivity contribution in [2.24, 2.45) is 10.2 Å². The van der Waals surface area contributed by atoms with Crippen LogP contribution in [0.25, 0.3) is 5.57 Å². The zero-order valence-electron chi connectivity index (χ0n) is 27.4. The van der Waals surface area contributed by atoms with Gasteiger partial charge < -0.3 is 18.7 Å². The van der Waals surface area contributed by atoms with Gasteiger partial charge in [-0.15, -0.1) is 10.2 Å². The summed E-state index contributed by atoms with van der Waals surface area (Å²) in [4.78, 5) is 12.9. The van der Waals surface area contributed by atoms with Crippen LogP contribution in [-0.4, -0.2) is 54.1 Å². The van der Waals surface area contributed by atoms with E-state index in [0.717, 1.165) is 36.2 Å². The lowest BCUT2D eigenvalue weighted by Crippen LogP contribution is -2.45. The minimum Gasteiger partial charge on any atom is -0.494 e. The lowest BCUT2D eigenvalue weighted by molar-refractivity contribution is -0.384. The largest absolute Gasteiger partial charge is 0.494 e. The number of halogens is 1. The fourth-order valence-corrected chi connectivity index (χ4v) is 7.21. The quantitative estimate of drug-likeness (QED) is 0.0573. The molecule has 0 amide bonds. The van der Waals surface area contributed by atoms with Crippen molar-refractivity contribution in [2.75, 3.05) is 31.8 Å². The van der Waals surface area contributed by atoms with E-state index in [0.29, 0.717) is 36.8 Å². The molecule has 1 heterocycles. The van der Waals surface area contributed by atoms with Crippen LogP contribution in [-0.2, 0) is 9.05 Å². The van der Waals surface area contributed by atoms with E-state index in [9.17, 15) is 10.1 Å². The molecule has 2 aromatic rings. The SMILES string of the molecule is COc1cc2c(cc1N=Nc1ccc([N+](=O)[O-])cc1Cl)C(C)=CC(C)(C)N2CCCCOP(OCCC#N)N(C(C)C)C(C)C. The molecule has 0 saturated heterocycles. The summed E-state index contributed by atoms with van der Waals surface area (Å²) < 4.78 is 20.3. The Bertz CT molecular complexity index is 1430. The summed E-state index contributed by atoms with van der Waals surface area (Å²) in [5, 5.41) is 28.8. The molecule has 0 aliphatic carbocycles. The first kappa shape index (κ1) is 36.3. The molecular formula is C32H44ClN6O5P. The van der Waals surface area contributed by atoms with Gasteiger partial charge in [-0.2, -0.15) is 5.26 Å². The number of benzene rings is 2. The molecule has 244 valence electrons. The summed E-state index contributed by atoms with van der Waals surface area (Å²) in [5.74, 6) is 0.553. The number of methoxy groups -OCH3 is 1. The number of rotatable bonds is 16. The molecular weight excluding hydrogens is 615 g/mol. The number of non-ortho nitro benzene ring substituents is 1. The van der Waals surface area contributed by atoms with Crippen LogP contribution in [0.5, 0.6) is 5.75 Å². The van der Waals surface area contributed by atoms with Crippen LogP contribution < -0.4 is 9.64 Å². The van der Waals surface area contributed by atoms with Gasteiger partial charge in [-0.25, -0.2) is 4.67 Å². The fourth-order valence-electron chi connectivity index (χ4n) is 5.37. The molecule has 2 aromatic carbocycles. The number of allylic oxidation sites excluding steroid dienone is 1. The van der Waals surface area contributed by atoms with E-state index in [4.69, 9.17) is 30.6 Å². The topological polar surface area (TPSA) is 126 Å². The Morgan fingerprint density at radius 3 is 2.36 bits per heavy atom. The number of nitriles is 1. The van der Waals surface area contributed by atoms with Crippen LogP contribution >= 0.6 is 20.1 Å². The number of fused-ring (bicyclic) bond motifs is 1. The van der Waals surface area contributed by atoms with Gasteiger partial charge >= 0.3 is 0 Å². The third-order valence-corrected chi connectivity index (χ3v) is 9.74. The molecule has 0 fully saturated rings. The Hall–Kier alpha value is -3.13. The van der Waals surface area contributed by atoms with Gasteiger partial charge in [0.25, 0.3) is 14.2 Å².